The van der Waals surface area contributed by atoms with E-state index in [4.69, 9.17) is 4.74 Å². The molecule has 1 unspecified atom stereocenters. The van der Waals surface area contributed by atoms with Crippen LogP contribution in [0.5, 0.6) is 5.88 Å². The van der Waals surface area contributed by atoms with Crippen LogP contribution in [0.1, 0.15) is 26.7 Å². The highest BCUT2D eigenvalue weighted by Gasteiger charge is 2.01. The molecule has 0 saturated carbocycles. The zero-order valence-electron chi connectivity index (χ0n) is 10.8. The molecule has 0 aliphatic rings. The molecular weight excluding hydrogens is 234 g/mol. The smallest absolute Gasteiger partial charge is 0.225 e. The third-order valence-electron chi connectivity index (χ3n) is 2.32. The third-order valence-corrected chi connectivity index (χ3v) is 3.36. The average Bonchev–Trinajstić information content (AvgIpc) is 2.36. The second-order valence-electron chi connectivity index (χ2n) is 3.83. The van der Waals surface area contributed by atoms with Crippen LogP contribution in [-0.2, 0) is 0 Å². The van der Waals surface area contributed by atoms with Crippen LogP contribution in [0, 0.1) is 0 Å². The summed E-state index contributed by atoms with van der Waals surface area (Å²) in [5.74, 6) is 1.29. The number of aromatic nitrogens is 2. The van der Waals surface area contributed by atoms with Gasteiger partial charge in [-0.15, -0.1) is 0 Å². The van der Waals surface area contributed by atoms with E-state index in [1.807, 2.05) is 11.8 Å². The number of rotatable bonds is 8. The molecule has 5 heteroatoms. The summed E-state index contributed by atoms with van der Waals surface area (Å²) in [5.41, 5.74) is 0. The molecule has 96 valence electrons. The first-order valence-electron chi connectivity index (χ1n) is 5.98. The highest BCUT2D eigenvalue weighted by molar-refractivity contribution is 7.99. The van der Waals surface area contributed by atoms with Crippen molar-refractivity contribution in [2.45, 2.75) is 31.9 Å². The molecule has 0 radical (unpaired) electrons. The van der Waals surface area contributed by atoms with E-state index in [2.05, 4.69) is 35.4 Å². The Balaban J connectivity index is 2.37. The van der Waals surface area contributed by atoms with Gasteiger partial charge in [-0.25, -0.2) is 4.98 Å². The van der Waals surface area contributed by atoms with E-state index in [0.717, 1.165) is 19.4 Å². The van der Waals surface area contributed by atoms with E-state index >= 15 is 0 Å². The fraction of sp³-hybridized carbons (Fsp3) is 0.667. The molecule has 17 heavy (non-hydrogen) atoms. The van der Waals surface area contributed by atoms with E-state index in [9.17, 15) is 0 Å². The van der Waals surface area contributed by atoms with Crippen molar-refractivity contribution in [1.29, 1.82) is 0 Å². The van der Waals surface area contributed by atoms with Gasteiger partial charge in [-0.3, -0.25) is 0 Å². The number of hydrogen-bond acceptors (Lipinski definition) is 5. The van der Waals surface area contributed by atoms with Crippen molar-refractivity contribution in [3.63, 3.8) is 0 Å². The molecule has 0 saturated heterocycles. The topological polar surface area (TPSA) is 47.0 Å². The van der Waals surface area contributed by atoms with Gasteiger partial charge in [-0.2, -0.15) is 16.7 Å². The Bertz CT molecular complexity index is 322. The first kappa shape index (κ1) is 14.1. The van der Waals surface area contributed by atoms with Crippen molar-refractivity contribution in [3.05, 3.63) is 12.3 Å². The third kappa shape index (κ3) is 5.77. The van der Waals surface area contributed by atoms with Crippen LogP contribution in [-0.4, -0.2) is 34.6 Å². The Morgan fingerprint density at radius 1 is 1.53 bits per heavy atom. The van der Waals surface area contributed by atoms with Gasteiger partial charge in [-0.1, -0.05) is 13.8 Å². The molecule has 0 fully saturated rings. The Hall–Kier alpha value is -0.970. The Labute approximate surface area is 108 Å². The van der Waals surface area contributed by atoms with Crippen molar-refractivity contribution in [2.24, 2.45) is 0 Å². The summed E-state index contributed by atoms with van der Waals surface area (Å²) in [6, 6.07) is 1.78. The fourth-order valence-electron chi connectivity index (χ4n) is 1.22. The van der Waals surface area contributed by atoms with Crippen molar-refractivity contribution < 1.29 is 4.74 Å². The highest BCUT2D eigenvalue weighted by atomic mass is 32.2. The van der Waals surface area contributed by atoms with Crippen molar-refractivity contribution in [3.8, 4) is 5.88 Å². The second kappa shape index (κ2) is 8.17. The summed E-state index contributed by atoms with van der Waals surface area (Å²) >= 11 is 1.87. The number of hydrogen-bond donors (Lipinski definition) is 1. The zero-order chi connectivity index (χ0) is 12.5. The van der Waals surface area contributed by atoms with E-state index in [1.54, 1.807) is 12.3 Å². The summed E-state index contributed by atoms with van der Waals surface area (Å²) in [6.07, 6.45) is 5.93. The maximum Gasteiger partial charge on any atom is 0.225 e. The normalized spacial score (nSPS) is 12.2. The maximum absolute atomic E-state index is 5.45. The number of nitrogens with one attached hydrogen (secondary N) is 1. The monoisotopic (exact) mass is 255 g/mol. The quantitative estimate of drug-likeness (QED) is 0.774. The molecule has 1 N–H and O–H groups in total. The molecule has 1 aromatic rings. The number of nitrogens with zero attached hydrogens (tertiary/aromatic N) is 2. The van der Waals surface area contributed by atoms with Gasteiger partial charge in [0.05, 0.1) is 6.61 Å². The van der Waals surface area contributed by atoms with E-state index in [1.165, 1.54) is 0 Å². The minimum Gasteiger partial charge on any atom is -0.478 e. The number of ether oxygens (including phenoxy) is 1. The molecule has 0 aromatic carbocycles. The van der Waals surface area contributed by atoms with Crippen LogP contribution in [0.4, 0.5) is 5.95 Å². The Kier molecular flexibility index (Phi) is 6.77. The van der Waals surface area contributed by atoms with Crippen LogP contribution in [0.3, 0.4) is 0 Å². The molecule has 0 bridgehead atoms. The van der Waals surface area contributed by atoms with Gasteiger partial charge in [0.1, 0.15) is 0 Å². The standard InChI is InChI=1S/C12H21N3OS/c1-4-9-16-11-6-8-14-12(15-11)13-7-5-10(2)17-3/h6,8,10H,4-5,7,9H2,1-3H3,(H,13,14,15). The minimum atomic E-state index is 0.641. The Morgan fingerprint density at radius 2 is 2.35 bits per heavy atom. The lowest BCUT2D eigenvalue weighted by Crippen LogP contribution is -2.10. The fourth-order valence-corrected chi connectivity index (χ4v) is 1.57. The van der Waals surface area contributed by atoms with Gasteiger partial charge in [0.15, 0.2) is 0 Å². The SMILES string of the molecule is CCCOc1ccnc(NCCC(C)SC)n1. The largest absolute Gasteiger partial charge is 0.478 e. The summed E-state index contributed by atoms with van der Waals surface area (Å²) < 4.78 is 5.45. The lowest BCUT2D eigenvalue weighted by Gasteiger charge is -2.09. The molecule has 0 amide bonds. The van der Waals surface area contributed by atoms with Crippen LogP contribution < -0.4 is 10.1 Å². The maximum atomic E-state index is 5.45. The molecule has 0 aliphatic heterocycles. The molecule has 4 nitrogen and oxygen atoms in total. The van der Waals surface area contributed by atoms with Crippen molar-refractivity contribution in [1.82, 2.24) is 9.97 Å². The molecule has 0 aliphatic carbocycles. The lowest BCUT2D eigenvalue weighted by atomic mass is 10.3. The molecule has 0 spiro atoms. The molecule has 1 rings (SSSR count). The van der Waals surface area contributed by atoms with Crippen LogP contribution in [0.15, 0.2) is 12.3 Å². The predicted octanol–water partition coefficient (Wildman–Crippen LogP) is 2.82. The molecule has 1 atom stereocenters. The minimum absolute atomic E-state index is 0.641. The molecule has 1 heterocycles. The number of anilines is 1. The first-order valence-corrected chi connectivity index (χ1v) is 7.27. The van der Waals surface area contributed by atoms with Gasteiger partial charge in [0, 0.05) is 24.1 Å². The van der Waals surface area contributed by atoms with Gasteiger partial charge in [-0.05, 0) is 19.1 Å². The number of thioether (sulfide) groups is 1. The zero-order valence-corrected chi connectivity index (χ0v) is 11.6. The summed E-state index contributed by atoms with van der Waals surface area (Å²) in [6.45, 7) is 5.87. The van der Waals surface area contributed by atoms with Gasteiger partial charge < -0.3 is 10.1 Å². The predicted molar refractivity (Wildman–Crippen MR) is 73.9 cm³/mol. The van der Waals surface area contributed by atoms with E-state index in [-0.39, 0.29) is 0 Å². The van der Waals surface area contributed by atoms with Crippen LogP contribution in [0.2, 0.25) is 0 Å². The van der Waals surface area contributed by atoms with Gasteiger partial charge >= 0.3 is 0 Å². The highest BCUT2D eigenvalue weighted by Crippen LogP contribution is 2.11. The van der Waals surface area contributed by atoms with E-state index in [0.29, 0.717) is 23.7 Å². The van der Waals surface area contributed by atoms with Crippen LogP contribution >= 0.6 is 11.8 Å². The molecular formula is C12H21N3OS. The summed E-state index contributed by atoms with van der Waals surface area (Å²) in [5, 5.41) is 3.87. The van der Waals surface area contributed by atoms with Crippen molar-refractivity contribution >= 4 is 17.7 Å². The van der Waals surface area contributed by atoms with Gasteiger partial charge in [0.25, 0.3) is 0 Å². The average molecular weight is 255 g/mol. The second-order valence-corrected chi connectivity index (χ2v) is 5.10. The lowest BCUT2D eigenvalue weighted by molar-refractivity contribution is 0.305. The summed E-state index contributed by atoms with van der Waals surface area (Å²) in [4.78, 5) is 8.44. The summed E-state index contributed by atoms with van der Waals surface area (Å²) in [7, 11) is 0. The van der Waals surface area contributed by atoms with Crippen LogP contribution in [0.25, 0.3) is 0 Å². The first-order chi connectivity index (χ1) is 8.26. The van der Waals surface area contributed by atoms with Crippen molar-refractivity contribution in [2.75, 3.05) is 24.7 Å². The Morgan fingerprint density at radius 3 is 3.06 bits per heavy atom. The van der Waals surface area contributed by atoms with Gasteiger partial charge in [0.2, 0.25) is 11.8 Å². The molecule has 1 aromatic heterocycles. The van der Waals surface area contributed by atoms with E-state index < -0.39 is 0 Å².